The van der Waals surface area contributed by atoms with Crippen LogP contribution in [0.25, 0.3) is 11.6 Å². The van der Waals surface area contributed by atoms with Gasteiger partial charge in [0.05, 0.1) is 0 Å². The van der Waals surface area contributed by atoms with E-state index in [1.165, 1.54) is 45.2 Å². The maximum Gasteiger partial charge on any atom is 0.0250 e. The molecule has 0 amide bonds. The highest BCUT2D eigenvalue weighted by Crippen LogP contribution is 2.43. The van der Waals surface area contributed by atoms with Crippen molar-refractivity contribution in [3.63, 3.8) is 0 Å². The molecule has 1 unspecified atom stereocenters. The summed E-state index contributed by atoms with van der Waals surface area (Å²) in [5.74, 6) is 0.569. The first-order valence-electron chi connectivity index (χ1n) is 8.64. The molecule has 2 aromatic rings. The molecule has 0 heterocycles. The summed E-state index contributed by atoms with van der Waals surface area (Å²) < 4.78 is 1.22. The normalized spacial score (nSPS) is 18.9. The standard InChI is InChI=1S/C23H21Br/c1-16-14-22-21(8-5-9-23(22)24)20(16)13-11-17-10-12-19(15-17)18-6-3-2-4-7-18/h2-9,12,14-15,20H,10-11,13H2,1H3. The molecule has 0 aromatic heterocycles. The average molecular weight is 377 g/mol. The highest BCUT2D eigenvalue weighted by atomic mass is 79.9. The van der Waals surface area contributed by atoms with E-state index in [0.29, 0.717) is 5.92 Å². The van der Waals surface area contributed by atoms with Gasteiger partial charge in [0.1, 0.15) is 0 Å². The molecule has 0 radical (unpaired) electrons. The van der Waals surface area contributed by atoms with E-state index in [2.05, 4.69) is 89.6 Å². The maximum atomic E-state index is 3.69. The number of benzene rings is 2. The van der Waals surface area contributed by atoms with Gasteiger partial charge in [-0.05, 0) is 54.5 Å². The lowest BCUT2D eigenvalue weighted by Crippen LogP contribution is -1.98. The number of rotatable bonds is 4. The lowest BCUT2D eigenvalue weighted by molar-refractivity contribution is 0.705. The van der Waals surface area contributed by atoms with Crippen LogP contribution in [0, 0.1) is 0 Å². The van der Waals surface area contributed by atoms with Crippen molar-refractivity contribution < 1.29 is 0 Å². The quantitative estimate of drug-likeness (QED) is 0.531. The molecule has 2 aliphatic carbocycles. The van der Waals surface area contributed by atoms with E-state index in [9.17, 15) is 0 Å². The Labute approximate surface area is 152 Å². The van der Waals surface area contributed by atoms with Gasteiger partial charge in [0.15, 0.2) is 0 Å². The Hall–Kier alpha value is -1.86. The van der Waals surface area contributed by atoms with E-state index in [1.54, 1.807) is 5.57 Å². The van der Waals surface area contributed by atoms with Gasteiger partial charge in [0.25, 0.3) is 0 Å². The molecule has 0 bridgehead atoms. The number of allylic oxidation sites excluding steroid dienone is 5. The molecule has 1 heteroatoms. The summed E-state index contributed by atoms with van der Waals surface area (Å²) >= 11 is 3.69. The van der Waals surface area contributed by atoms with E-state index in [4.69, 9.17) is 0 Å². The Balaban J connectivity index is 1.46. The SMILES string of the molecule is CC1=Cc2c(Br)cccc2C1CCC1=CC(c2ccccc2)=CC1. The minimum Gasteiger partial charge on any atom is -0.0726 e. The molecule has 0 nitrogen and oxygen atoms in total. The minimum absolute atomic E-state index is 0.569. The van der Waals surface area contributed by atoms with Gasteiger partial charge in [-0.3, -0.25) is 0 Å². The predicted molar refractivity (Wildman–Crippen MR) is 107 cm³/mol. The minimum atomic E-state index is 0.569. The van der Waals surface area contributed by atoms with Crippen LogP contribution in [-0.2, 0) is 0 Å². The third kappa shape index (κ3) is 2.93. The molecule has 2 aliphatic rings. The highest BCUT2D eigenvalue weighted by molar-refractivity contribution is 9.10. The van der Waals surface area contributed by atoms with Gasteiger partial charge in [0.2, 0.25) is 0 Å². The topological polar surface area (TPSA) is 0 Å². The van der Waals surface area contributed by atoms with E-state index < -0.39 is 0 Å². The van der Waals surface area contributed by atoms with E-state index in [1.807, 2.05) is 0 Å². The summed E-state index contributed by atoms with van der Waals surface area (Å²) in [4.78, 5) is 0. The third-order valence-electron chi connectivity index (χ3n) is 5.19. The van der Waals surface area contributed by atoms with Crippen molar-refractivity contribution in [1.29, 1.82) is 0 Å². The number of halogens is 1. The molecule has 2 aromatic carbocycles. The van der Waals surface area contributed by atoms with Gasteiger partial charge >= 0.3 is 0 Å². The third-order valence-corrected chi connectivity index (χ3v) is 5.88. The number of fused-ring (bicyclic) bond motifs is 1. The zero-order valence-electron chi connectivity index (χ0n) is 13.9. The molecule has 0 saturated carbocycles. The first-order valence-corrected chi connectivity index (χ1v) is 9.43. The fourth-order valence-electron chi connectivity index (χ4n) is 3.88. The molecule has 0 aliphatic heterocycles. The first kappa shape index (κ1) is 15.7. The molecular formula is C23H21Br. The summed E-state index contributed by atoms with van der Waals surface area (Å²) in [5, 5.41) is 0. The van der Waals surface area contributed by atoms with Gasteiger partial charge in [-0.2, -0.15) is 0 Å². The highest BCUT2D eigenvalue weighted by Gasteiger charge is 2.24. The lowest BCUT2D eigenvalue weighted by Gasteiger charge is -2.15. The Morgan fingerprint density at radius 3 is 2.67 bits per heavy atom. The molecule has 24 heavy (non-hydrogen) atoms. The Morgan fingerprint density at radius 1 is 1.00 bits per heavy atom. The lowest BCUT2D eigenvalue weighted by atomic mass is 9.90. The second-order valence-corrected chi connectivity index (χ2v) is 7.61. The van der Waals surface area contributed by atoms with Gasteiger partial charge in [-0.1, -0.05) is 87.8 Å². The fourth-order valence-corrected chi connectivity index (χ4v) is 4.38. The van der Waals surface area contributed by atoms with Crippen LogP contribution < -0.4 is 0 Å². The van der Waals surface area contributed by atoms with Crippen molar-refractivity contribution >= 4 is 27.6 Å². The molecule has 0 N–H and O–H groups in total. The monoisotopic (exact) mass is 376 g/mol. The summed E-state index contributed by atoms with van der Waals surface area (Å²) in [6.45, 7) is 2.27. The largest absolute Gasteiger partial charge is 0.0726 e. The van der Waals surface area contributed by atoms with Gasteiger partial charge in [0, 0.05) is 10.4 Å². The van der Waals surface area contributed by atoms with Crippen LogP contribution in [0.2, 0.25) is 0 Å². The van der Waals surface area contributed by atoms with Crippen molar-refractivity contribution in [2.75, 3.05) is 0 Å². The first-order chi connectivity index (χ1) is 11.7. The van der Waals surface area contributed by atoms with Crippen LogP contribution >= 0.6 is 15.9 Å². The van der Waals surface area contributed by atoms with Crippen LogP contribution in [-0.4, -0.2) is 0 Å². The summed E-state index contributed by atoms with van der Waals surface area (Å²) in [7, 11) is 0. The average Bonchev–Trinajstić information content (AvgIpc) is 3.19. The second-order valence-electron chi connectivity index (χ2n) is 6.75. The summed E-state index contributed by atoms with van der Waals surface area (Å²) in [6.07, 6.45) is 10.6. The zero-order chi connectivity index (χ0) is 16.5. The van der Waals surface area contributed by atoms with Crippen LogP contribution in [0.3, 0.4) is 0 Å². The zero-order valence-corrected chi connectivity index (χ0v) is 15.5. The Morgan fingerprint density at radius 2 is 1.83 bits per heavy atom. The summed E-state index contributed by atoms with van der Waals surface area (Å²) in [6, 6.07) is 17.3. The smallest absolute Gasteiger partial charge is 0.0250 e. The molecule has 1 atom stereocenters. The summed E-state index contributed by atoms with van der Waals surface area (Å²) in [5.41, 5.74) is 8.63. The van der Waals surface area contributed by atoms with Gasteiger partial charge in [-0.15, -0.1) is 0 Å². The Bertz CT molecular complexity index is 853. The van der Waals surface area contributed by atoms with Crippen LogP contribution in [0.4, 0.5) is 0 Å². The van der Waals surface area contributed by atoms with Crippen molar-refractivity contribution in [1.82, 2.24) is 0 Å². The molecule has 0 fully saturated rings. The molecule has 0 saturated heterocycles. The van der Waals surface area contributed by atoms with Crippen molar-refractivity contribution in [2.45, 2.75) is 32.1 Å². The molecule has 120 valence electrons. The van der Waals surface area contributed by atoms with Crippen molar-refractivity contribution in [2.24, 2.45) is 0 Å². The van der Waals surface area contributed by atoms with Crippen molar-refractivity contribution in [3.8, 4) is 0 Å². The molecular weight excluding hydrogens is 356 g/mol. The van der Waals surface area contributed by atoms with Crippen LogP contribution in [0.1, 0.15) is 48.8 Å². The molecule has 0 spiro atoms. The van der Waals surface area contributed by atoms with Crippen LogP contribution in [0.15, 0.2) is 76.3 Å². The van der Waals surface area contributed by atoms with Crippen molar-refractivity contribution in [3.05, 3.63) is 93.0 Å². The van der Waals surface area contributed by atoms with E-state index >= 15 is 0 Å². The fraction of sp³-hybridized carbons (Fsp3) is 0.217. The van der Waals surface area contributed by atoms with E-state index in [0.717, 1.165) is 6.42 Å². The number of hydrogen-bond donors (Lipinski definition) is 0. The number of hydrogen-bond acceptors (Lipinski definition) is 0. The van der Waals surface area contributed by atoms with Crippen LogP contribution in [0.5, 0.6) is 0 Å². The second kappa shape index (κ2) is 6.57. The predicted octanol–water partition coefficient (Wildman–Crippen LogP) is 7.14. The maximum absolute atomic E-state index is 3.69. The van der Waals surface area contributed by atoms with Gasteiger partial charge in [-0.25, -0.2) is 0 Å². The van der Waals surface area contributed by atoms with Gasteiger partial charge < -0.3 is 0 Å². The van der Waals surface area contributed by atoms with E-state index in [-0.39, 0.29) is 0 Å². The Kier molecular flexibility index (Phi) is 4.28. The molecule has 4 rings (SSSR count).